The van der Waals surface area contributed by atoms with Gasteiger partial charge in [-0.2, -0.15) is 0 Å². The van der Waals surface area contributed by atoms with Gasteiger partial charge in [-0.3, -0.25) is 9.59 Å². The number of carboxylic acid groups (broad SMARTS) is 1. The van der Waals surface area contributed by atoms with Crippen LogP contribution in [0.25, 0.3) is 0 Å². The molecular formula is C11H9F2NO3. The first-order valence-electron chi connectivity index (χ1n) is 4.97. The number of hydrogen-bond donors (Lipinski definition) is 1. The Balaban J connectivity index is 2.32. The highest BCUT2D eigenvalue weighted by molar-refractivity contribution is 5.99. The van der Waals surface area contributed by atoms with Crippen molar-refractivity contribution in [3.63, 3.8) is 0 Å². The van der Waals surface area contributed by atoms with E-state index in [9.17, 15) is 18.4 Å². The molecule has 1 fully saturated rings. The standard InChI is InChI=1S/C11H9F2NO3/c12-7-1-2-8(13)9(4-7)14-5-6(11(16)17)3-10(14)15/h1-2,4,6H,3,5H2,(H,16,17). The van der Waals surface area contributed by atoms with E-state index in [4.69, 9.17) is 5.11 Å². The molecule has 1 atom stereocenters. The van der Waals surface area contributed by atoms with Crippen molar-refractivity contribution in [1.82, 2.24) is 0 Å². The van der Waals surface area contributed by atoms with Crippen molar-refractivity contribution in [2.75, 3.05) is 11.4 Å². The van der Waals surface area contributed by atoms with Crippen molar-refractivity contribution < 1.29 is 23.5 Å². The average molecular weight is 241 g/mol. The van der Waals surface area contributed by atoms with E-state index in [1.807, 2.05) is 0 Å². The predicted octanol–water partition coefficient (Wildman–Crippen LogP) is 1.40. The second-order valence-electron chi connectivity index (χ2n) is 3.84. The fourth-order valence-corrected chi connectivity index (χ4v) is 1.80. The number of halogens is 2. The van der Waals surface area contributed by atoms with Crippen molar-refractivity contribution in [2.24, 2.45) is 5.92 Å². The largest absolute Gasteiger partial charge is 0.481 e. The molecule has 1 aliphatic heterocycles. The fourth-order valence-electron chi connectivity index (χ4n) is 1.80. The van der Waals surface area contributed by atoms with Crippen molar-refractivity contribution >= 4 is 17.6 Å². The minimum Gasteiger partial charge on any atom is -0.481 e. The number of aliphatic carboxylic acids is 1. The second kappa shape index (κ2) is 4.12. The highest BCUT2D eigenvalue weighted by Crippen LogP contribution is 2.28. The maximum absolute atomic E-state index is 13.4. The molecule has 1 saturated heterocycles. The number of anilines is 1. The van der Waals surface area contributed by atoms with Gasteiger partial charge in [-0.05, 0) is 12.1 Å². The van der Waals surface area contributed by atoms with Crippen LogP contribution >= 0.6 is 0 Å². The lowest BCUT2D eigenvalue weighted by molar-refractivity contribution is -0.141. The number of rotatable bonds is 2. The van der Waals surface area contributed by atoms with Crippen molar-refractivity contribution in [2.45, 2.75) is 6.42 Å². The van der Waals surface area contributed by atoms with E-state index >= 15 is 0 Å². The number of carbonyl (C=O) groups excluding carboxylic acids is 1. The number of benzene rings is 1. The van der Waals surface area contributed by atoms with Gasteiger partial charge in [-0.1, -0.05) is 0 Å². The van der Waals surface area contributed by atoms with Gasteiger partial charge in [0, 0.05) is 19.0 Å². The minimum atomic E-state index is -1.11. The van der Waals surface area contributed by atoms with E-state index in [0.717, 1.165) is 23.1 Å². The average Bonchev–Trinajstić information content (AvgIpc) is 2.64. The molecule has 1 unspecified atom stereocenters. The molecule has 1 amide bonds. The van der Waals surface area contributed by atoms with E-state index in [-0.39, 0.29) is 18.7 Å². The summed E-state index contributed by atoms with van der Waals surface area (Å²) in [5.41, 5.74) is -0.209. The third kappa shape index (κ3) is 2.11. The summed E-state index contributed by atoms with van der Waals surface area (Å²) in [5.74, 6) is -3.91. The molecular weight excluding hydrogens is 232 g/mol. The third-order valence-electron chi connectivity index (χ3n) is 2.67. The van der Waals surface area contributed by atoms with E-state index in [1.54, 1.807) is 0 Å². The molecule has 4 nitrogen and oxygen atoms in total. The summed E-state index contributed by atoms with van der Waals surface area (Å²) < 4.78 is 26.4. The maximum atomic E-state index is 13.4. The second-order valence-corrected chi connectivity index (χ2v) is 3.84. The zero-order chi connectivity index (χ0) is 12.6. The molecule has 1 aromatic carbocycles. The van der Waals surface area contributed by atoms with Crippen molar-refractivity contribution in [3.8, 4) is 0 Å². The Morgan fingerprint density at radius 3 is 2.71 bits per heavy atom. The topological polar surface area (TPSA) is 57.6 Å². The van der Waals surface area contributed by atoms with Crippen LogP contribution in [-0.2, 0) is 9.59 Å². The van der Waals surface area contributed by atoms with Gasteiger partial charge in [0.1, 0.15) is 11.6 Å². The Morgan fingerprint density at radius 2 is 2.12 bits per heavy atom. The first-order chi connectivity index (χ1) is 7.99. The summed E-state index contributed by atoms with van der Waals surface area (Å²) in [6.45, 7) is -0.130. The first-order valence-corrected chi connectivity index (χ1v) is 4.97. The molecule has 0 saturated carbocycles. The van der Waals surface area contributed by atoms with Crippen LogP contribution in [0, 0.1) is 17.6 Å². The summed E-state index contributed by atoms with van der Waals surface area (Å²) in [7, 11) is 0. The minimum absolute atomic E-state index is 0.130. The summed E-state index contributed by atoms with van der Waals surface area (Å²) in [6, 6.07) is 2.73. The molecule has 1 heterocycles. The summed E-state index contributed by atoms with van der Waals surface area (Å²) in [6.07, 6.45) is -0.189. The first kappa shape index (κ1) is 11.5. The third-order valence-corrected chi connectivity index (χ3v) is 2.67. The van der Waals surface area contributed by atoms with Crippen LogP contribution in [0.4, 0.5) is 14.5 Å². The quantitative estimate of drug-likeness (QED) is 0.851. The van der Waals surface area contributed by atoms with Gasteiger partial charge in [-0.15, -0.1) is 0 Å². The lowest BCUT2D eigenvalue weighted by Crippen LogP contribution is -2.26. The molecule has 90 valence electrons. The number of nitrogens with zero attached hydrogens (tertiary/aromatic N) is 1. The van der Waals surface area contributed by atoms with E-state index < -0.39 is 29.4 Å². The zero-order valence-electron chi connectivity index (χ0n) is 8.69. The summed E-state index contributed by atoms with van der Waals surface area (Å²) in [5, 5.41) is 8.77. The molecule has 0 radical (unpaired) electrons. The van der Waals surface area contributed by atoms with Gasteiger partial charge >= 0.3 is 5.97 Å². The predicted molar refractivity (Wildman–Crippen MR) is 54.5 cm³/mol. The lowest BCUT2D eigenvalue weighted by Gasteiger charge is -2.16. The number of amides is 1. The van der Waals surface area contributed by atoms with Crippen LogP contribution in [0.15, 0.2) is 18.2 Å². The molecule has 0 spiro atoms. The van der Waals surface area contributed by atoms with E-state index in [1.165, 1.54) is 0 Å². The number of hydrogen-bond acceptors (Lipinski definition) is 2. The normalized spacial score (nSPS) is 19.8. The van der Waals surface area contributed by atoms with Crippen LogP contribution in [0.3, 0.4) is 0 Å². The van der Waals surface area contributed by atoms with Crippen LogP contribution in [-0.4, -0.2) is 23.5 Å². The van der Waals surface area contributed by atoms with Gasteiger partial charge < -0.3 is 10.0 Å². The molecule has 0 aromatic heterocycles. The monoisotopic (exact) mass is 241 g/mol. The number of carbonyl (C=O) groups is 2. The fraction of sp³-hybridized carbons (Fsp3) is 0.273. The van der Waals surface area contributed by atoms with Crippen molar-refractivity contribution in [1.29, 1.82) is 0 Å². The zero-order valence-corrected chi connectivity index (χ0v) is 8.69. The van der Waals surface area contributed by atoms with E-state index in [2.05, 4.69) is 0 Å². The molecule has 0 bridgehead atoms. The van der Waals surface area contributed by atoms with Crippen LogP contribution in [0.1, 0.15) is 6.42 Å². The molecule has 0 aliphatic carbocycles. The Kier molecular flexibility index (Phi) is 2.79. The molecule has 17 heavy (non-hydrogen) atoms. The maximum Gasteiger partial charge on any atom is 0.308 e. The number of carboxylic acids is 1. The van der Waals surface area contributed by atoms with Gasteiger partial charge in [-0.25, -0.2) is 8.78 Å². The molecule has 2 rings (SSSR count). The smallest absolute Gasteiger partial charge is 0.308 e. The van der Waals surface area contributed by atoms with E-state index in [0.29, 0.717) is 0 Å². The summed E-state index contributed by atoms with van der Waals surface area (Å²) in [4.78, 5) is 23.2. The lowest BCUT2D eigenvalue weighted by atomic mass is 10.1. The molecule has 1 aromatic rings. The Labute approximate surface area is 95.5 Å². The summed E-state index contributed by atoms with van der Waals surface area (Å²) >= 11 is 0. The molecule has 1 aliphatic rings. The van der Waals surface area contributed by atoms with Gasteiger partial charge in [0.05, 0.1) is 11.6 Å². The van der Waals surface area contributed by atoms with Crippen LogP contribution < -0.4 is 4.90 Å². The SMILES string of the molecule is O=C(O)C1CC(=O)N(c2cc(F)ccc2F)C1. The van der Waals surface area contributed by atoms with Gasteiger partial charge in [0.2, 0.25) is 5.91 Å². The van der Waals surface area contributed by atoms with Crippen molar-refractivity contribution in [3.05, 3.63) is 29.8 Å². The highest BCUT2D eigenvalue weighted by atomic mass is 19.1. The van der Waals surface area contributed by atoms with Crippen LogP contribution in [0.2, 0.25) is 0 Å². The highest BCUT2D eigenvalue weighted by Gasteiger charge is 2.36. The Hall–Kier alpha value is -1.98. The van der Waals surface area contributed by atoms with Gasteiger partial charge in [0.25, 0.3) is 0 Å². The molecule has 6 heteroatoms. The Bertz CT molecular complexity index is 490. The Morgan fingerprint density at radius 1 is 1.41 bits per heavy atom. The van der Waals surface area contributed by atoms with Gasteiger partial charge in [0.15, 0.2) is 0 Å². The molecule has 1 N–H and O–H groups in total. The van der Waals surface area contributed by atoms with Crippen LogP contribution in [0.5, 0.6) is 0 Å².